The molecular weight excluding hydrogens is 462 g/mol. The number of benzene rings is 1. The van der Waals surface area contributed by atoms with Crippen LogP contribution in [0.15, 0.2) is 29.2 Å². The first-order valence-corrected chi connectivity index (χ1v) is 12.5. The number of esters is 2. The van der Waals surface area contributed by atoms with Crippen molar-refractivity contribution in [3.8, 4) is 0 Å². The smallest absolute Gasteiger partial charge is 0.355 e. The molecule has 3 rings (SSSR count). The summed E-state index contributed by atoms with van der Waals surface area (Å²) in [4.78, 5) is 39.7. The average Bonchev–Trinajstić information content (AvgIpc) is 3.12. The number of carbonyl (C=O) groups excluding carboxylic acids is 3. The third kappa shape index (κ3) is 5.65. The minimum absolute atomic E-state index is 0.162. The molecule has 2 aromatic rings. The molecule has 11 heteroatoms. The number of amides is 1. The third-order valence-corrected chi connectivity index (χ3v) is 7.46. The van der Waals surface area contributed by atoms with Crippen molar-refractivity contribution in [2.75, 3.05) is 31.6 Å². The highest BCUT2D eigenvalue weighted by Crippen LogP contribution is 2.22. The summed E-state index contributed by atoms with van der Waals surface area (Å²) in [7, 11) is -3.56. The van der Waals surface area contributed by atoms with Crippen LogP contribution in [0.3, 0.4) is 0 Å². The number of hydrogen-bond acceptors (Lipinski definition) is 7. The van der Waals surface area contributed by atoms with Crippen molar-refractivity contribution < 1.29 is 32.3 Å². The number of rotatable bonds is 8. The zero-order chi connectivity index (χ0) is 24.9. The van der Waals surface area contributed by atoms with E-state index in [2.05, 4.69) is 10.3 Å². The number of carbonyl (C=O) groups is 3. The maximum Gasteiger partial charge on any atom is 0.355 e. The van der Waals surface area contributed by atoms with Crippen LogP contribution >= 0.6 is 0 Å². The van der Waals surface area contributed by atoms with Crippen LogP contribution in [0.5, 0.6) is 0 Å². The molecule has 0 aliphatic carbocycles. The number of aromatic amines is 1. The van der Waals surface area contributed by atoms with Crippen molar-refractivity contribution in [1.82, 2.24) is 9.29 Å². The van der Waals surface area contributed by atoms with E-state index in [1.165, 1.54) is 28.6 Å². The zero-order valence-electron chi connectivity index (χ0n) is 19.5. The number of sulfonamides is 1. The summed E-state index contributed by atoms with van der Waals surface area (Å²) in [6.07, 6.45) is 2.72. The van der Waals surface area contributed by atoms with E-state index in [1.807, 2.05) is 0 Å². The van der Waals surface area contributed by atoms with Gasteiger partial charge in [-0.3, -0.25) is 4.79 Å². The molecule has 1 aliphatic heterocycles. The van der Waals surface area contributed by atoms with E-state index in [0.29, 0.717) is 30.0 Å². The van der Waals surface area contributed by atoms with E-state index >= 15 is 0 Å². The summed E-state index contributed by atoms with van der Waals surface area (Å²) in [6, 6.07) is 5.86. The van der Waals surface area contributed by atoms with Crippen molar-refractivity contribution in [2.45, 2.75) is 44.9 Å². The molecule has 1 aromatic carbocycles. The van der Waals surface area contributed by atoms with Crippen LogP contribution in [-0.2, 0) is 24.3 Å². The number of anilines is 1. The summed E-state index contributed by atoms with van der Waals surface area (Å²) in [6.45, 7) is 5.55. The van der Waals surface area contributed by atoms with Gasteiger partial charge in [-0.25, -0.2) is 18.0 Å². The maximum absolute atomic E-state index is 12.7. The Kier molecular flexibility index (Phi) is 8.11. The molecule has 2 heterocycles. The quantitative estimate of drug-likeness (QED) is 0.542. The molecule has 0 atom stereocenters. The molecule has 1 saturated heterocycles. The summed E-state index contributed by atoms with van der Waals surface area (Å²) >= 11 is 0. The summed E-state index contributed by atoms with van der Waals surface area (Å²) in [5, 5.41) is 2.57. The van der Waals surface area contributed by atoms with Crippen molar-refractivity contribution in [1.29, 1.82) is 0 Å². The lowest BCUT2D eigenvalue weighted by Gasteiger charge is -2.25. The number of piperidine rings is 1. The Hall–Kier alpha value is -3.18. The highest BCUT2D eigenvalue weighted by atomic mass is 32.2. The fraction of sp³-hybridized carbons (Fsp3) is 0.435. The fourth-order valence-electron chi connectivity index (χ4n) is 3.83. The van der Waals surface area contributed by atoms with Crippen LogP contribution < -0.4 is 5.32 Å². The Bertz CT molecular complexity index is 1160. The Morgan fingerprint density at radius 1 is 1.00 bits per heavy atom. The van der Waals surface area contributed by atoms with Crippen LogP contribution in [0.2, 0.25) is 0 Å². The van der Waals surface area contributed by atoms with E-state index in [9.17, 15) is 22.8 Å². The van der Waals surface area contributed by atoms with Gasteiger partial charge in [0, 0.05) is 24.5 Å². The molecular formula is C23H29N3O7S. The number of nitrogens with zero attached hydrogens (tertiary/aromatic N) is 1. The van der Waals surface area contributed by atoms with E-state index in [-0.39, 0.29) is 22.8 Å². The molecule has 0 saturated carbocycles. The summed E-state index contributed by atoms with van der Waals surface area (Å²) < 4.78 is 37.0. The number of ether oxygens (including phenoxy) is 2. The van der Waals surface area contributed by atoms with Gasteiger partial charge in [-0.2, -0.15) is 4.31 Å². The molecule has 10 nitrogen and oxygen atoms in total. The van der Waals surface area contributed by atoms with Crippen LogP contribution in [0.25, 0.3) is 0 Å². The monoisotopic (exact) mass is 491 g/mol. The molecule has 34 heavy (non-hydrogen) atoms. The molecule has 0 radical (unpaired) electrons. The Labute approximate surface area is 198 Å². The van der Waals surface area contributed by atoms with Gasteiger partial charge >= 0.3 is 11.9 Å². The molecule has 1 aromatic heterocycles. The predicted octanol–water partition coefficient (Wildman–Crippen LogP) is 2.78. The minimum Gasteiger partial charge on any atom is -0.461 e. The van der Waals surface area contributed by atoms with Gasteiger partial charge in [0.25, 0.3) is 5.91 Å². The van der Waals surface area contributed by atoms with Crippen LogP contribution in [0.4, 0.5) is 5.69 Å². The lowest BCUT2D eigenvalue weighted by atomic mass is 10.1. The number of aromatic nitrogens is 1. The number of H-pyrrole nitrogens is 1. The van der Waals surface area contributed by atoms with Crippen molar-refractivity contribution in [2.24, 2.45) is 0 Å². The van der Waals surface area contributed by atoms with E-state index in [4.69, 9.17) is 9.47 Å². The molecule has 1 amide bonds. The van der Waals surface area contributed by atoms with Crippen LogP contribution in [-0.4, -0.2) is 61.9 Å². The minimum atomic E-state index is -3.56. The number of hydrogen-bond donors (Lipinski definition) is 2. The molecule has 0 spiro atoms. The number of nitrogens with one attached hydrogen (secondary N) is 2. The zero-order valence-corrected chi connectivity index (χ0v) is 20.3. The third-order valence-electron chi connectivity index (χ3n) is 5.55. The standard InChI is InChI=1S/C23H29N3O7S/c1-4-32-23(29)21-15(2)20(16(3)24-21)22(28)33-14-19(27)25-17-8-10-18(11-9-17)34(30,31)26-12-6-5-7-13-26/h8-11,24H,4-7,12-14H2,1-3H3,(H,25,27). The van der Waals surface area contributed by atoms with Gasteiger partial charge in [0.1, 0.15) is 5.69 Å². The molecule has 0 bridgehead atoms. The Balaban J connectivity index is 1.58. The average molecular weight is 492 g/mol. The first kappa shape index (κ1) is 25.4. The van der Waals surface area contributed by atoms with Crippen LogP contribution in [0.1, 0.15) is 58.3 Å². The van der Waals surface area contributed by atoms with Gasteiger partial charge in [0.05, 0.1) is 17.1 Å². The number of aryl methyl sites for hydroxylation is 1. The predicted molar refractivity (Wildman–Crippen MR) is 124 cm³/mol. The molecule has 1 aliphatic rings. The van der Waals surface area contributed by atoms with Gasteiger partial charge in [0.15, 0.2) is 6.61 Å². The first-order valence-electron chi connectivity index (χ1n) is 11.1. The largest absolute Gasteiger partial charge is 0.461 e. The van der Waals surface area contributed by atoms with E-state index in [1.54, 1.807) is 20.8 Å². The van der Waals surface area contributed by atoms with E-state index < -0.39 is 34.5 Å². The van der Waals surface area contributed by atoms with Gasteiger partial charge in [-0.1, -0.05) is 6.42 Å². The van der Waals surface area contributed by atoms with Gasteiger partial charge < -0.3 is 19.8 Å². The lowest BCUT2D eigenvalue weighted by molar-refractivity contribution is -0.119. The molecule has 2 N–H and O–H groups in total. The van der Waals surface area contributed by atoms with Gasteiger partial charge in [-0.15, -0.1) is 0 Å². The summed E-state index contributed by atoms with van der Waals surface area (Å²) in [5.74, 6) is -1.91. The topological polar surface area (TPSA) is 135 Å². The first-order chi connectivity index (χ1) is 16.1. The Morgan fingerprint density at radius 3 is 2.26 bits per heavy atom. The second kappa shape index (κ2) is 10.8. The molecule has 0 unspecified atom stereocenters. The van der Waals surface area contributed by atoms with Crippen molar-refractivity contribution >= 4 is 33.6 Å². The van der Waals surface area contributed by atoms with Crippen LogP contribution in [0, 0.1) is 13.8 Å². The molecule has 1 fully saturated rings. The van der Waals surface area contributed by atoms with E-state index in [0.717, 1.165) is 19.3 Å². The second-order valence-corrected chi connectivity index (χ2v) is 9.90. The highest BCUT2D eigenvalue weighted by molar-refractivity contribution is 7.89. The lowest BCUT2D eigenvalue weighted by Crippen LogP contribution is -2.35. The highest BCUT2D eigenvalue weighted by Gasteiger charge is 2.26. The van der Waals surface area contributed by atoms with Crippen molar-refractivity contribution in [3.05, 3.63) is 46.8 Å². The van der Waals surface area contributed by atoms with Gasteiger partial charge in [-0.05, 0) is 63.4 Å². The SMILES string of the molecule is CCOC(=O)c1[nH]c(C)c(C(=O)OCC(=O)Nc2ccc(S(=O)(=O)N3CCCCC3)cc2)c1C. The normalized spacial score (nSPS) is 14.4. The second-order valence-electron chi connectivity index (χ2n) is 7.96. The summed E-state index contributed by atoms with van der Waals surface area (Å²) in [5.41, 5.74) is 1.51. The Morgan fingerprint density at radius 2 is 1.65 bits per heavy atom. The fourth-order valence-corrected chi connectivity index (χ4v) is 5.35. The molecule has 184 valence electrons. The van der Waals surface area contributed by atoms with Crippen molar-refractivity contribution in [3.63, 3.8) is 0 Å². The maximum atomic E-state index is 12.7. The van der Waals surface area contributed by atoms with Gasteiger partial charge in [0.2, 0.25) is 10.0 Å².